The van der Waals surface area contributed by atoms with E-state index < -0.39 is 15.8 Å². The minimum Gasteiger partial charge on any atom is -0.452 e. The van der Waals surface area contributed by atoms with Gasteiger partial charge in [0.2, 0.25) is 5.82 Å². The summed E-state index contributed by atoms with van der Waals surface area (Å²) < 4.78 is 10.2. The van der Waals surface area contributed by atoms with Crippen molar-refractivity contribution in [2.75, 3.05) is 0 Å². The van der Waals surface area contributed by atoms with Gasteiger partial charge in [0.1, 0.15) is 0 Å². The minimum atomic E-state index is -0.800. The zero-order valence-corrected chi connectivity index (χ0v) is 15.4. The van der Waals surface area contributed by atoms with Crippen LogP contribution in [-0.4, -0.2) is 26.0 Å². The van der Waals surface area contributed by atoms with E-state index >= 15 is 0 Å². The highest BCUT2D eigenvalue weighted by Crippen LogP contribution is 2.26. The largest absolute Gasteiger partial charge is 0.452 e. The fourth-order valence-electron chi connectivity index (χ4n) is 2.15. The molecule has 0 aliphatic rings. The lowest BCUT2D eigenvalue weighted by Gasteiger charge is -2.02. The van der Waals surface area contributed by atoms with E-state index in [1.54, 1.807) is 0 Å². The smallest absolute Gasteiger partial charge is 0.338 e. The van der Waals surface area contributed by atoms with Crippen molar-refractivity contribution < 1.29 is 23.9 Å². The first-order valence-corrected chi connectivity index (χ1v) is 8.33. The zero-order valence-electron chi connectivity index (χ0n) is 13.8. The second-order valence-electron chi connectivity index (χ2n) is 5.32. The number of benzene rings is 2. The molecule has 0 saturated heterocycles. The van der Waals surface area contributed by atoms with E-state index in [0.29, 0.717) is 5.56 Å². The van der Waals surface area contributed by atoms with Gasteiger partial charge >= 0.3 is 5.97 Å². The Morgan fingerprint density at radius 3 is 2.46 bits per heavy atom. The molecule has 142 valence electrons. The van der Waals surface area contributed by atoms with Gasteiger partial charge in [-0.15, -0.1) is 0 Å². The number of aromatic nitrogens is 2. The Balaban J connectivity index is 1.67. The molecule has 0 aliphatic carbocycles. The van der Waals surface area contributed by atoms with Crippen LogP contribution in [0.5, 0.6) is 0 Å². The number of carbonyl (C=O) groups is 1. The van der Waals surface area contributed by atoms with Gasteiger partial charge in [-0.3, -0.25) is 20.2 Å². The van der Waals surface area contributed by atoms with Gasteiger partial charge in [-0.2, -0.15) is 4.98 Å². The van der Waals surface area contributed by atoms with Crippen LogP contribution < -0.4 is 0 Å². The molecule has 11 nitrogen and oxygen atoms in total. The van der Waals surface area contributed by atoms with Crippen molar-refractivity contribution in [1.29, 1.82) is 0 Å². The van der Waals surface area contributed by atoms with Crippen LogP contribution in [-0.2, 0) is 11.3 Å². The quantitative estimate of drug-likeness (QED) is 0.312. The van der Waals surface area contributed by atoms with Gasteiger partial charge in [0.15, 0.2) is 6.61 Å². The standard InChI is InChI=1S/C16H9BrN4O7/c17-12-6-3-10(7-13(12)21(25)26)16(22)27-8-14-18-15(19-28-14)9-1-4-11(5-2-9)20(23)24/h1-7H,8H2. The Labute approximate surface area is 164 Å². The summed E-state index contributed by atoms with van der Waals surface area (Å²) in [5.41, 5.74) is 0.123. The molecule has 0 unspecified atom stereocenters. The van der Waals surface area contributed by atoms with Crippen molar-refractivity contribution in [3.05, 3.63) is 78.6 Å². The predicted octanol–water partition coefficient (Wildman–Crippen LogP) is 3.67. The second kappa shape index (κ2) is 7.92. The average Bonchev–Trinajstić information content (AvgIpc) is 3.15. The van der Waals surface area contributed by atoms with E-state index in [4.69, 9.17) is 9.26 Å². The third-order valence-electron chi connectivity index (χ3n) is 3.51. The SMILES string of the molecule is O=C(OCc1nc(-c2ccc([N+](=O)[O-])cc2)no1)c1ccc(Br)c([N+](=O)[O-])c1. The lowest BCUT2D eigenvalue weighted by molar-refractivity contribution is -0.385. The van der Waals surface area contributed by atoms with Crippen LogP contribution in [0.3, 0.4) is 0 Å². The topological polar surface area (TPSA) is 152 Å². The lowest BCUT2D eigenvalue weighted by Crippen LogP contribution is -2.06. The summed E-state index contributed by atoms with van der Waals surface area (Å²) in [6.45, 7) is -0.345. The number of halogens is 1. The maximum absolute atomic E-state index is 12.1. The van der Waals surface area contributed by atoms with Crippen LogP contribution in [0.25, 0.3) is 11.4 Å². The number of non-ortho nitro benzene ring substituents is 1. The molecule has 0 saturated carbocycles. The van der Waals surface area contributed by atoms with Crippen molar-refractivity contribution in [3.8, 4) is 11.4 Å². The summed E-state index contributed by atoms with van der Waals surface area (Å²) in [7, 11) is 0. The Kier molecular flexibility index (Phi) is 5.40. The minimum absolute atomic E-state index is 0.00619. The summed E-state index contributed by atoms with van der Waals surface area (Å²) in [6.07, 6.45) is 0. The van der Waals surface area contributed by atoms with Gasteiger partial charge < -0.3 is 9.26 Å². The molecule has 0 aliphatic heterocycles. The van der Waals surface area contributed by atoms with Gasteiger partial charge in [0, 0.05) is 23.8 Å². The number of nitro groups is 2. The van der Waals surface area contributed by atoms with E-state index in [1.807, 2.05) is 0 Å². The molecular formula is C16H9BrN4O7. The van der Waals surface area contributed by atoms with E-state index in [-0.39, 0.29) is 39.7 Å². The first-order chi connectivity index (χ1) is 13.3. The van der Waals surface area contributed by atoms with Gasteiger partial charge in [-0.05, 0) is 40.2 Å². The molecule has 0 bridgehead atoms. The number of rotatable bonds is 6. The molecule has 12 heteroatoms. The first-order valence-electron chi connectivity index (χ1n) is 7.53. The van der Waals surface area contributed by atoms with Crippen molar-refractivity contribution in [1.82, 2.24) is 10.1 Å². The lowest BCUT2D eigenvalue weighted by atomic mass is 10.2. The van der Waals surface area contributed by atoms with E-state index in [1.165, 1.54) is 36.4 Å². The molecule has 28 heavy (non-hydrogen) atoms. The van der Waals surface area contributed by atoms with Crippen LogP contribution >= 0.6 is 15.9 Å². The molecule has 0 radical (unpaired) electrons. The number of nitro benzene ring substituents is 2. The average molecular weight is 449 g/mol. The Morgan fingerprint density at radius 1 is 1.11 bits per heavy atom. The number of nitrogens with zero attached hydrogens (tertiary/aromatic N) is 4. The van der Waals surface area contributed by atoms with Crippen molar-refractivity contribution in [3.63, 3.8) is 0 Å². The van der Waals surface area contributed by atoms with Crippen LogP contribution in [0.15, 0.2) is 51.5 Å². The summed E-state index contributed by atoms with van der Waals surface area (Å²) in [5.74, 6) is -0.640. The summed E-state index contributed by atoms with van der Waals surface area (Å²) in [6, 6.07) is 9.34. The maximum atomic E-state index is 12.1. The summed E-state index contributed by atoms with van der Waals surface area (Å²) >= 11 is 3.03. The fourth-order valence-corrected chi connectivity index (χ4v) is 2.54. The third-order valence-corrected chi connectivity index (χ3v) is 4.18. The molecule has 0 spiro atoms. The van der Waals surface area contributed by atoms with Crippen molar-refractivity contribution in [2.45, 2.75) is 6.61 Å². The molecule has 0 atom stereocenters. The van der Waals surface area contributed by atoms with E-state index in [9.17, 15) is 25.0 Å². The number of ether oxygens (including phenoxy) is 1. The molecule has 1 aromatic heterocycles. The number of hydrogen-bond acceptors (Lipinski definition) is 9. The van der Waals surface area contributed by atoms with Crippen LogP contribution in [0, 0.1) is 20.2 Å². The molecule has 3 aromatic rings. The number of hydrogen-bond donors (Lipinski definition) is 0. The van der Waals surface area contributed by atoms with Crippen LogP contribution in [0.2, 0.25) is 0 Å². The summed E-state index contributed by atoms with van der Waals surface area (Å²) in [4.78, 5) is 36.5. The predicted molar refractivity (Wildman–Crippen MR) is 96.3 cm³/mol. The van der Waals surface area contributed by atoms with Crippen molar-refractivity contribution in [2.24, 2.45) is 0 Å². The van der Waals surface area contributed by atoms with Crippen LogP contribution in [0.1, 0.15) is 16.2 Å². The van der Waals surface area contributed by atoms with E-state index in [2.05, 4.69) is 26.1 Å². The molecule has 0 amide bonds. The summed E-state index contributed by atoms with van der Waals surface area (Å²) in [5, 5.41) is 25.3. The Morgan fingerprint density at radius 2 is 1.82 bits per heavy atom. The monoisotopic (exact) mass is 448 g/mol. The third kappa shape index (κ3) is 4.17. The number of esters is 1. The highest BCUT2D eigenvalue weighted by Gasteiger charge is 2.18. The zero-order chi connectivity index (χ0) is 20.3. The van der Waals surface area contributed by atoms with Crippen LogP contribution in [0.4, 0.5) is 11.4 Å². The highest BCUT2D eigenvalue weighted by molar-refractivity contribution is 9.10. The molecule has 0 N–H and O–H groups in total. The molecule has 3 rings (SSSR count). The number of carbonyl (C=O) groups excluding carboxylic acids is 1. The fraction of sp³-hybridized carbons (Fsp3) is 0.0625. The Hall–Kier alpha value is -3.67. The van der Waals surface area contributed by atoms with Gasteiger partial charge in [0.05, 0.1) is 19.9 Å². The van der Waals surface area contributed by atoms with Gasteiger partial charge in [-0.1, -0.05) is 5.16 Å². The highest BCUT2D eigenvalue weighted by atomic mass is 79.9. The Bertz CT molecular complexity index is 1070. The van der Waals surface area contributed by atoms with Gasteiger partial charge in [-0.25, -0.2) is 4.79 Å². The molecule has 1 heterocycles. The normalized spacial score (nSPS) is 10.5. The van der Waals surface area contributed by atoms with E-state index in [0.717, 1.165) is 6.07 Å². The molecule has 2 aromatic carbocycles. The second-order valence-corrected chi connectivity index (χ2v) is 6.17. The van der Waals surface area contributed by atoms with Crippen molar-refractivity contribution >= 4 is 33.3 Å². The van der Waals surface area contributed by atoms with Gasteiger partial charge in [0.25, 0.3) is 17.3 Å². The molecule has 0 fully saturated rings. The first kappa shape index (κ1) is 19.1. The molecular weight excluding hydrogens is 440 g/mol. The maximum Gasteiger partial charge on any atom is 0.338 e.